The molecule has 1 saturated carbocycles. The van der Waals surface area contributed by atoms with Crippen LogP contribution in [0.1, 0.15) is 49.5 Å². The Kier molecular flexibility index (Phi) is 5.61. The molecule has 0 aliphatic heterocycles. The number of thioether (sulfide) groups is 1. The molecule has 1 atom stereocenters. The van der Waals surface area contributed by atoms with Crippen LogP contribution in [-0.4, -0.2) is 33.3 Å². The van der Waals surface area contributed by atoms with Crippen molar-refractivity contribution >= 4 is 23.6 Å². The van der Waals surface area contributed by atoms with Crippen LogP contribution in [0.25, 0.3) is 0 Å². The Morgan fingerprint density at radius 1 is 1.38 bits per heavy atom. The van der Waals surface area contributed by atoms with Gasteiger partial charge in [0.15, 0.2) is 0 Å². The standard InChI is InChI=1S/C15H20N2O3S/c1-10(14(18)17-11-5-3-2-4-6-11)21-12-7-8-16-13(9-12)15(19)20/h7-11H,2-6H2,1H3,(H,17,18)(H,19,20). The van der Waals surface area contributed by atoms with Gasteiger partial charge in [0, 0.05) is 17.1 Å². The first-order valence-electron chi connectivity index (χ1n) is 7.22. The van der Waals surface area contributed by atoms with Crippen LogP contribution in [0, 0.1) is 0 Å². The van der Waals surface area contributed by atoms with Gasteiger partial charge in [0.25, 0.3) is 0 Å². The van der Waals surface area contributed by atoms with Gasteiger partial charge in [-0.25, -0.2) is 9.78 Å². The van der Waals surface area contributed by atoms with Gasteiger partial charge in [0.1, 0.15) is 5.69 Å². The van der Waals surface area contributed by atoms with Crippen molar-refractivity contribution in [1.29, 1.82) is 0 Å². The Morgan fingerprint density at radius 3 is 2.76 bits per heavy atom. The fourth-order valence-corrected chi connectivity index (χ4v) is 3.33. The van der Waals surface area contributed by atoms with E-state index in [0.29, 0.717) is 6.04 Å². The molecule has 1 aromatic rings. The summed E-state index contributed by atoms with van der Waals surface area (Å²) < 4.78 is 0. The fraction of sp³-hybridized carbons (Fsp3) is 0.533. The summed E-state index contributed by atoms with van der Waals surface area (Å²) in [5.74, 6) is -1.04. The Bertz CT molecular complexity index is 515. The van der Waals surface area contributed by atoms with Crippen LogP contribution >= 0.6 is 11.8 Å². The highest BCUT2D eigenvalue weighted by atomic mass is 32.2. The first-order valence-corrected chi connectivity index (χ1v) is 8.10. The van der Waals surface area contributed by atoms with E-state index in [1.165, 1.54) is 43.3 Å². The summed E-state index contributed by atoms with van der Waals surface area (Å²) in [5.41, 5.74) is -0.000103. The maximum Gasteiger partial charge on any atom is 0.354 e. The molecule has 0 aromatic carbocycles. The van der Waals surface area contributed by atoms with Gasteiger partial charge in [-0.3, -0.25) is 4.79 Å². The van der Waals surface area contributed by atoms with Gasteiger partial charge in [0.2, 0.25) is 5.91 Å². The lowest BCUT2D eigenvalue weighted by atomic mass is 9.95. The molecule has 0 spiro atoms. The first-order chi connectivity index (χ1) is 10.1. The van der Waals surface area contributed by atoms with Crippen LogP contribution in [-0.2, 0) is 4.79 Å². The van der Waals surface area contributed by atoms with E-state index in [1.54, 1.807) is 6.07 Å². The number of nitrogens with one attached hydrogen (secondary N) is 1. The molecule has 0 bridgehead atoms. The predicted molar refractivity (Wildman–Crippen MR) is 81.5 cm³/mol. The van der Waals surface area contributed by atoms with E-state index in [9.17, 15) is 9.59 Å². The van der Waals surface area contributed by atoms with E-state index < -0.39 is 5.97 Å². The molecule has 0 radical (unpaired) electrons. The van der Waals surface area contributed by atoms with Gasteiger partial charge >= 0.3 is 5.97 Å². The highest BCUT2D eigenvalue weighted by molar-refractivity contribution is 8.00. The Hall–Kier alpha value is -1.56. The van der Waals surface area contributed by atoms with E-state index in [1.807, 2.05) is 6.92 Å². The summed E-state index contributed by atoms with van der Waals surface area (Å²) in [6, 6.07) is 3.51. The first kappa shape index (κ1) is 15.8. The lowest BCUT2D eigenvalue weighted by Gasteiger charge is -2.24. The number of rotatable bonds is 5. The number of hydrogen-bond donors (Lipinski definition) is 2. The number of carboxylic acids is 1. The largest absolute Gasteiger partial charge is 0.477 e. The van der Waals surface area contributed by atoms with Gasteiger partial charge < -0.3 is 10.4 Å². The lowest BCUT2D eigenvalue weighted by Crippen LogP contribution is -2.40. The van der Waals surface area contributed by atoms with E-state index in [2.05, 4.69) is 10.3 Å². The summed E-state index contributed by atoms with van der Waals surface area (Å²) in [5, 5.41) is 11.7. The van der Waals surface area contributed by atoms with Crippen molar-refractivity contribution in [2.24, 2.45) is 0 Å². The quantitative estimate of drug-likeness (QED) is 0.818. The SMILES string of the molecule is CC(Sc1ccnc(C(=O)O)c1)C(=O)NC1CCCCC1. The molecule has 1 heterocycles. The molecule has 2 rings (SSSR count). The molecule has 1 aromatic heterocycles. The highest BCUT2D eigenvalue weighted by Gasteiger charge is 2.20. The van der Waals surface area contributed by atoms with Gasteiger partial charge in [-0.2, -0.15) is 0 Å². The van der Waals surface area contributed by atoms with Crippen LogP contribution in [0.2, 0.25) is 0 Å². The number of carbonyl (C=O) groups excluding carboxylic acids is 1. The van der Waals surface area contributed by atoms with Crippen molar-refractivity contribution in [2.75, 3.05) is 0 Å². The summed E-state index contributed by atoms with van der Waals surface area (Å²) in [6.45, 7) is 1.84. The van der Waals surface area contributed by atoms with Crippen molar-refractivity contribution in [3.8, 4) is 0 Å². The number of aromatic nitrogens is 1. The van der Waals surface area contributed by atoms with Crippen molar-refractivity contribution in [1.82, 2.24) is 10.3 Å². The molecule has 1 fully saturated rings. The van der Waals surface area contributed by atoms with E-state index in [-0.39, 0.29) is 16.9 Å². The average molecular weight is 308 g/mol. The molecule has 1 aliphatic carbocycles. The summed E-state index contributed by atoms with van der Waals surface area (Å²) in [7, 11) is 0. The van der Waals surface area contributed by atoms with Crippen LogP contribution in [0.15, 0.2) is 23.2 Å². The molecule has 5 nitrogen and oxygen atoms in total. The van der Waals surface area contributed by atoms with Crippen LogP contribution < -0.4 is 5.32 Å². The molecule has 114 valence electrons. The second kappa shape index (κ2) is 7.45. The molecule has 1 unspecified atom stereocenters. The zero-order chi connectivity index (χ0) is 15.2. The molecule has 21 heavy (non-hydrogen) atoms. The van der Waals surface area contributed by atoms with E-state index in [0.717, 1.165) is 17.7 Å². The zero-order valence-electron chi connectivity index (χ0n) is 12.0. The average Bonchev–Trinajstić information content (AvgIpc) is 2.48. The third-order valence-corrected chi connectivity index (χ3v) is 4.68. The third-order valence-electron chi connectivity index (χ3n) is 3.58. The minimum absolute atomic E-state index is 0.000103. The van der Waals surface area contributed by atoms with Crippen molar-refractivity contribution < 1.29 is 14.7 Å². The highest BCUT2D eigenvalue weighted by Crippen LogP contribution is 2.24. The molecule has 0 saturated heterocycles. The van der Waals surface area contributed by atoms with Crippen LogP contribution in [0.3, 0.4) is 0 Å². The Morgan fingerprint density at radius 2 is 2.10 bits per heavy atom. The van der Waals surface area contributed by atoms with Crippen LogP contribution in [0.4, 0.5) is 0 Å². The minimum Gasteiger partial charge on any atom is -0.477 e. The fourth-order valence-electron chi connectivity index (χ4n) is 2.42. The molecule has 1 aliphatic rings. The summed E-state index contributed by atoms with van der Waals surface area (Å²) in [4.78, 5) is 27.6. The molecular formula is C15H20N2O3S. The van der Waals surface area contributed by atoms with Gasteiger partial charge in [-0.15, -0.1) is 11.8 Å². The minimum atomic E-state index is -1.06. The second-order valence-electron chi connectivity index (χ2n) is 5.29. The van der Waals surface area contributed by atoms with Gasteiger partial charge in [-0.05, 0) is 31.9 Å². The van der Waals surface area contributed by atoms with Crippen molar-refractivity contribution in [3.63, 3.8) is 0 Å². The molecule has 1 amide bonds. The van der Waals surface area contributed by atoms with E-state index >= 15 is 0 Å². The van der Waals surface area contributed by atoms with Crippen LogP contribution in [0.5, 0.6) is 0 Å². The topological polar surface area (TPSA) is 79.3 Å². The maximum absolute atomic E-state index is 12.2. The smallest absolute Gasteiger partial charge is 0.354 e. The number of pyridine rings is 1. The lowest BCUT2D eigenvalue weighted by molar-refractivity contribution is -0.121. The summed E-state index contributed by atoms with van der Waals surface area (Å²) in [6.07, 6.45) is 7.18. The Balaban J connectivity index is 1.90. The van der Waals surface area contributed by atoms with E-state index in [4.69, 9.17) is 5.11 Å². The Labute approximate surface area is 128 Å². The molecular weight excluding hydrogens is 288 g/mol. The monoisotopic (exact) mass is 308 g/mol. The second-order valence-corrected chi connectivity index (χ2v) is 6.70. The van der Waals surface area contributed by atoms with Crippen molar-refractivity contribution in [3.05, 3.63) is 24.0 Å². The van der Waals surface area contributed by atoms with Gasteiger partial charge in [-0.1, -0.05) is 19.3 Å². The zero-order valence-corrected chi connectivity index (χ0v) is 12.9. The number of carbonyl (C=O) groups is 2. The van der Waals surface area contributed by atoms with Gasteiger partial charge in [0.05, 0.1) is 5.25 Å². The number of carboxylic acid groups (broad SMARTS) is 1. The maximum atomic E-state index is 12.2. The normalized spacial score (nSPS) is 17.2. The number of hydrogen-bond acceptors (Lipinski definition) is 4. The summed E-state index contributed by atoms with van der Waals surface area (Å²) >= 11 is 1.36. The van der Waals surface area contributed by atoms with Crippen molar-refractivity contribution in [2.45, 2.75) is 55.2 Å². The molecule has 2 N–H and O–H groups in total. The predicted octanol–water partition coefficient (Wildman–Crippen LogP) is 2.71. The third kappa shape index (κ3) is 4.74. The number of nitrogens with zero attached hydrogens (tertiary/aromatic N) is 1. The number of aromatic carboxylic acids is 1. The molecule has 6 heteroatoms. The number of amides is 1.